The van der Waals surface area contributed by atoms with E-state index in [0.717, 1.165) is 9.87 Å². The quantitative estimate of drug-likeness (QED) is 0.900. The number of nitrogens with one attached hydrogen (secondary N) is 1. The van der Waals surface area contributed by atoms with Crippen LogP contribution in [0.5, 0.6) is 0 Å². The van der Waals surface area contributed by atoms with Gasteiger partial charge in [0.25, 0.3) is 0 Å². The second-order valence-corrected chi connectivity index (χ2v) is 6.79. The van der Waals surface area contributed by atoms with Gasteiger partial charge in [0.05, 0.1) is 17.0 Å². The molecule has 118 valence electrons. The summed E-state index contributed by atoms with van der Waals surface area (Å²) >= 11 is 0. The summed E-state index contributed by atoms with van der Waals surface area (Å²) in [7, 11) is -2.29. The van der Waals surface area contributed by atoms with Crippen LogP contribution in [-0.2, 0) is 14.8 Å². The number of pyridine rings is 1. The van der Waals surface area contributed by atoms with Gasteiger partial charge in [-0.2, -0.15) is 4.31 Å². The Morgan fingerprint density at radius 1 is 1.32 bits per heavy atom. The molecule has 2 rings (SSSR count). The van der Waals surface area contributed by atoms with E-state index >= 15 is 0 Å². The van der Waals surface area contributed by atoms with E-state index in [2.05, 4.69) is 10.3 Å². The van der Waals surface area contributed by atoms with Crippen molar-refractivity contribution in [3.05, 3.63) is 36.0 Å². The Kier molecular flexibility index (Phi) is 4.77. The number of aromatic nitrogens is 1. The lowest BCUT2D eigenvalue weighted by Crippen LogP contribution is -2.39. The number of benzene rings is 1. The molecule has 1 N–H and O–H groups in total. The highest BCUT2D eigenvalue weighted by molar-refractivity contribution is 7.89. The third kappa shape index (κ3) is 2.95. The van der Waals surface area contributed by atoms with Crippen molar-refractivity contribution >= 4 is 26.8 Å². The zero-order valence-corrected chi connectivity index (χ0v) is 13.6. The highest BCUT2D eigenvalue weighted by Gasteiger charge is 2.27. The molecule has 0 unspecified atom stereocenters. The second-order valence-electron chi connectivity index (χ2n) is 4.88. The fourth-order valence-corrected chi connectivity index (χ4v) is 3.85. The number of likely N-dealkylation sites (N-methyl/N-ethyl adjacent to an activating group) is 2. The lowest BCUT2D eigenvalue weighted by atomic mass is 10.1. The maximum absolute atomic E-state index is 12.9. The van der Waals surface area contributed by atoms with Gasteiger partial charge in [0.1, 0.15) is 0 Å². The molecule has 0 atom stereocenters. The topological polar surface area (TPSA) is 79.4 Å². The molecule has 22 heavy (non-hydrogen) atoms. The molecule has 0 radical (unpaired) electrons. The van der Waals surface area contributed by atoms with Gasteiger partial charge >= 0.3 is 0 Å². The first-order chi connectivity index (χ1) is 10.4. The van der Waals surface area contributed by atoms with Crippen LogP contribution in [0.3, 0.4) is 0 Å². The van der Waals surface area contributed by atoms with E-state index in [9.17, 15) is 13.2 Å². The van der Waals surface area contributed by atoms with E-state index in [1.54, 1.807) is 37.4 Å². The molecular formula is C15H19N3O3S. The summed E-state index contributed by atoms with van der Waals surface area (Å²) in [5, 5.41) is 3.01. The molecule has 0 spiro atoms. The number of carbonyl (C=O) groups is 1. The van der Waals surface area contributed by atoms with Gasteiger partial charge in [0.2, 0.25) is 15.9 Å². The SMILES string of the molecule is CCN(CC(=O)NC)S(=O)(=O)c1ccc(C)c2ncccc12. The molecule has 0 saturated carbocycles. The van der Waals surface area contributed by atoms with E-state index in [-0.39, 0.29) is 23.9 Å². The minimum Gasteiger partial charge on any atom is -0.358 e. The van der Waals surface area contributed by atoms with E-state index < -0.39 is 10.0 Å². The monoisotopic (exact) mass is 321 g/mol. The standard InChI is InChI=1S/C15H19N3O3S/c1-4-18(10-14(19)16-3)22(20,21)13-8-7-11(2)15-12(13)6-5-9-17-15/h5-9H,4,10H2,1-3H3,(H,16,19). The molecule has 0 aliphatic rings. The molecule has 1 heterocycles. The van der Waals surface area contributed by atoms with Crippen molar-refractivity contribution in [3.63, 3.8) is 0 Å². The van der Waals surface area contributed by atoms with Crippen molar-refractivity contribution in [1.82, 2.24) is 14.6 Å². The summed E-state index contributed by atoms with van der Waals surface area (Å²) in [6, 6.07) is 6.74. The zero-order valence-electron chi connectivity index (χ0n) is 12.8. The Bertz CT molecular complexity index is 803. The Hall–Kier alpha value is -1.99. The predicted molar refractivity (Wildman–Crippen MR) is 85.0 cm³/mol. The molecule has 0 bridgehead atoms. The number of hydrogen-bond donors (Lipinski definition) is 1. The summed E-state index contributed by atoms with van der Waals surface area (Å²) in [5.41, 5.74) is 1.56. The van der Waals surface area contributed by atoms with Crippen LogP contribution in [0.15, 0.2) is 35.4 Å². The third-order valence-electron chi connectivity index (χ3n) is 3.50. The maximum atomic E-state index is 12.9. The largest absolute Gasteiger partial charge is 0.358 e. The summed E-state index contributed by atoms with van der Waals surface area (Å²) in [6.45, 7) is 3.60. The van der Waals surface area contributed by atoms with Gasteiger partial charge in [0.15, 0.2) is 0 Å². The Morgan fingerprint density at radius 2 is 2.05 bits per heavy atom. The van der Waals surface area contributed by atoms with Crippen molar-refractivity contribution in [3.8, 4) is 0 Å². The number of rotatable bonds is 5. The average molecular weight is 321 g/mol. The van der Waals surface area contributed by atoms with Crippen LogP contribution < -0.4 is 5.32 Å². The Labute approximate surface area is 130 Å². The maximum Gasteiger partial charge on any atom is 0.244 e. The van der Waals surface area contributed by atoms with Crippen LogP contribution in [0.25, 0.3) is 10.9 Å². The van der Waals surface area contributed by atoms with Crippen molar-refractivity contribution in [2.45, 2.75) is 18.7 Å². The number of fused-ring (bicyclic) bond motifs is 1. The molecule has 6 nitrogen and oxygen atoms in total. The first-order valence-corrected chi connectivity index (χ1v) is 8.41. The summed E-state index contributed by atoms with van der Waals surface area (Å²) < 4.78 is 26.9. The highest BCUT2D eigenvalue weighted by Crippen LogP contribution is 2.26. The number of hydrogen-bond acceptors (Lipinski definition) is 4. The predicted octanol–water partition coefficient (Wildman–Crippen LogP) is 1.30. The van der Waals surface area contributed by atoms with Gasteiger partial charge in [-0.25, -0.2) is 8.42 Å². The first-order valence-electron chi connectivity index (χ1n) is 6.97. The molecule has 0 aliphatic carbocycles. The molecule has 7 heteroatoms. The summed E-state index contributed by atoms with van der Waals surface area (Å²) in [6.07, 6.45) is 1.63. The second kappa shape index (κ2) is 6.41. The molecule has 0 saturated heterocycles. The van der Waals surface area contributed by atoms with Crippen molar-refractivity contribution in [2.75, 3.05) is 20.1 Å². The fraction of sp³-hybridized carbons (Fsp3) is 0.333. The zero-order chi connectivity index (χ0) is 16.3. The first kappa shape index (κ1) is 16.4. The fourth-order valence-electron chi connectivity index (χ4n) is 2.26. The van der Waals surface area contributed by atoms with Crippen LogP contribution >= 0.6 is 0 Å². The van der Waals surface area contributed by atoms with E-state index in [4.69, 9.17) is 0 Å². The van der Waals surface area contributed by atoms with Crippen LogP contribution in [0.4, 0.5) is 0 Å². The number of aryl methyl sites for hydroxylation is 1. The Morgan fingerprint density at radius 3 is 2.68 bits per heavy atom. The van der Waals surface area contributed by atoms with Gasteiger partial charge in [-0.15, -0.1) is 0 Å². The van der Waals surface area contributed by atoms with Crippen molar-refractivity contribution in [2.24, 2.45) is 0 Å². The third-order valence-corrected chi connectivity index (χ3v) is 5.48. The molecular weight excluding hydrogens is 302 g/mol. The van der Waals surface area contributed by atoms with Crippen LogP contribution in [0.2, 0.25) is 0 Å². The van der Waals surface area contributed by atoms with E-state index in [0.29, 0.717) is 10.9 Å². The van der Waals surface area contributed by atoms with Gasteiger partial charge < -0.3 is 5.32 Å². The number of amides is 1. The van der Waals surface area contributed by atoms with Crippen molar-refractivity contribution in [1.29, 1.82) is 0 Å². The number of nitrogens with zero attached hydrogens (tertiary/aromatic N) is 2. The van der Waals surface area contributed by atoms with E-state index in [1.807, 2.05) is 6.92 Å². The summed E-state index contributed by atoms with van der Waals surface area (Å²) in [4.78, 5) is 16.0. The van der Waals surface area contributed by atoms with Gasteiger partial charge in [0, 0.05) is 25.2 Å². The Balaban J connectivity index is 2.58. The molecule has 1 aromatic heterocycles. The van der Waals surface area contributed by atoms with Crippen LogP contribution in [-0.4, -0.2) is 43.8 Å². The van der Waals surface area contributed by atoms with Crippen LogP contribution in [0.1, 0.15) is 12.5 Å². The van der Waals surface area contributed by atoms with Crippen molar-refractivity contribution < 1.29 is 13.2 Å². The minimum atomic E-state index is -3.77. The van der Waals surface area contributed by atoms with Crippen LogP contribution in [0, 0.1) is 6.92 Å². The molecule has 1 amide bonds. The molecule has 2 aromatic rings. The summed E-state index contributed by atoms with van der Waals surface area (Å²) in [5.74, 6) is -0.347. The average Bonchev–Trinajstić information content (AvgIpc) is 2.52. The molecule has 1 aromatic carbocycles. The highest BCUT2D eigenvalue weighted by atomic mass is 32.2. The lowest BCUT2D eigenvalue weighted by Gasteiger charge is -2.20. The van der Waals surface area contributed by atoms with Gasteiger partial charge in [-0.05, 0) is 30.7 Å². The number of sulfonamides is 1. The number of carbonyl (C=O) groups excluding carboxylic acids is 1. The van der Waals surface area contributed by atoms with Gasteiger partial charge in [-0.1, -0.05) is 13.0 Å². The smallest absolute Gasteiger partial charge is 0.244 e. The minimum absolute atomic E-state index is 0.173. The molecule has 0 fully saturated rings. The van der Waals surface area contributed by atoms with Gasteiger partial charge in [-0.3, -0.25) is 9.78 Å². The van der Waals surface area contributed by atoms with E-state index in [1.165, 1.54) is 7.05 Å². The normalized spacial score (nSPS) is 11.8. The lowest BCUT2D eigenvalue weighted by molar-refractivity contribution is -0.120. The molecule has 0 aliphatic heterocycles.